The molecule has 0 radical (unpaired) electrons. The molecule has 6 heterocycles. The first-order chi connectivity index (χ1) is 28.4. The summed E-state index contributed by atoms with van der Waals surface area (Å²) in [5.74, 6) is 2.26. The molecular formula is C48H51N5O5. The van der Waals surface area contributed by atoms with Gasteiger partial charge in [0, 0.05) is 79.9 Å². The van der Waals surface area contributed by atoms with Crippen LogP contribution in [0.25, 0.3) is 0 Å². The standard InChI is InChI=1S/C48H51N5O5/c54-43-17-16-41(46(55)49-43)53-28-38-36(47(53)56)14-15-40-45(38)58-29-35-27-50(22-23-52(35)40)26-31-24-48(25-31)18-20-51(21-19-48)34-12-10-33(11-13-34)44-37-8-4-5-9-42(37)57-30-39(44)32-6-2-1-3-7-32/h1-15,31,35,39,41,44H,16-30H2,(H,49,54,55). The molecule has 3 amide bonds. The molecule has 1 aliphatic carbocycles. The van der Waals surface area contributed by atoms with Gasteiger partial charge in [0.05, 0.1) is 24.9 Å². The molecule has 4 aromatic rings. The van der Waals surface area contributed by atoms with Gasteiger partial charge in [0.2, 0.25) is 11.8 Å². The topological polar surface area (TPSA) is 94.7 Å². The Bertz CT molecular complexity index is 2250. The number of carbonyl (C=O) groups is 3. The maximum absolute atomic E-state index is 13.4. The van der Waals surface area contributed by atoms with Crippen LogP contribution in [-0.2, 0) is 16.1 Å². The van der Waals surface area contributed by atoms with Crippen LogP contribution in [0.1, 0.15) is 83.0 Å². The average molecular weight is 778 g/mol. The third kappa shape index (κ3) is 6.14. The molecule has 1 N–H and O–H groups in total. The summed E-state index contributed by atoms with van der Waals surface area (Å²) < 4.78 is 12.7. The largest absolute Gasteiger partial charge is 0.493 e. The van der Waals surface area contributed by atoms with Crippen molar-refractivity contribution in [3.8, 4) is 11.5 Å². The van der Waals surface area contributed by atoms with Gasteiger partial charge in [-0.2, -0.15) is 0 Å². The van der Waals surface area contributed by atoms with Gasteiger partial charge < -0.3 is 24.2 Å². The molecule has 4 atom stereocenters. The van der Waals surface area contributed by atoms with Crippen LogP contribution in [-0.4, -0.2) is 92.1 Å². The summed E-state index contributed by atoms with van der Waals surface area (Å²) in [5.41, 5.74) is 8.32. The molecule has 6 aliphatic heterocycles. The average Bonchev–Trinajstić information content (AvgIpc) is 3.59. The van der Waals surface area contributed by atoms with Crippen LogP contribution in [0.2, 0.25) is 0 Å². The number of anilines is 2. The Morgan fingerprint density at radius 3 is 2.36 bits per heavy atom. The van der Waals surface area contributed by atoms with E-state index in [0.717, 1.165) is 67.9 Å². The van der Waals surface area contributed by atoms with E-state index < -0.39 is 6.04 Å². The number of piperidine rings is 2. The van der Waals surface area contributed by atoms with Crippen molar-refractivity contribution < 1.29 is 23.9 Å². The smallest absolute Gasteiger partial charge is 0.255 e. The summed E-state index contributed by atoms with van der Waals surface area (Å²) >= 11 is 0. The van der Waals surface area contributed by atoms with Crippen LogP contribution in [0, 0.1) is 11.3 Å². The molecule has 10 nitrogen and oxygen atoms in total. The zero-order valence-electron chi connectivity index (χ0n) is 33.0. The van der Waals surface area contributed by atoms with Crippen molar-refractivity contribution in [3.63, 3.8) is 0 Å². The fraction of sp³-hybridized carbons (Fsp3) is 0.438. The number of nitrogens with zero attached hydrogens (tertiary/aromatic N) is 4. The van der Waals surface area contributed by atoms with E-state index in [4.69, 9.17) is 9.47 Å². The minimum atomic E-state index is -0.625. The minimum Gasteiger partial charge on any atom is -0.493 e. The van der Waals surface area contributed by atoms with Crippen molar-refractivity contribution in [3.05, 3.63) is 119 Å². The fourth-order valence-corrected chi connectivity index (χ4v) is 11.7. The maximum atomic E-state index is 13.4. The third-order valence-electron chi connectivity index (χ3n) is 14.6. The summed E-state index contributed by atoms with van der Waals surface area (Å²) in [6.45, 7) is 7.95. The predicted octanol–water partition coefficient (Wildman–Crippen LogP) is 6.34. The number of hydrogen-bond donors (Lipinski definition) is 1. The Labute approximate surface area is 340 Å². The van der Waals surface area contributed by atoms with Crippen LogP contribution in [0.4, 0.5) is 11.4 Å². The number of ether oxygens (including phenoxy) is 2. The Morgan fingerprint density at radius 1 is 0.759 bits per heavy atom. The molecule has 4 fully saturated rings. The van der Waals surface area contributed by atoms with Crippen LogP contribution < -0.4 is 24.6 Å². The van der Waals surface area contributed by atoms with Gasteiger partial charge in [-0.1, -0.05) is 60.7 Å². The quantitative estimate of drug-likeness (QED) is 0.227. The second kappa shape index (κ2) is 14.2. The molecule has 1 spiro atoms. The van der Waals surface area contributed by atoms with Crippen molar-refractivity contribution in [1.82, 2.24) is 15.1 Å². The van der Waals surface area contributed by atoms with Gasteiger partial charge in [0.15, 0.2) is 0 Å². The number of carbonyl (C=O) groups excluding carboxylic acids is 3. The summed E-state index contributed by atoms with van der Waals surface area (Å²) in [6.07, 6.45) is 5.80. The molecule has 7 aliphatic rings. The van der Waals surface area contributed by atoms with Gasteiger partial charge in [-0.3, -0.25) is 24.6 Å². The van der Waals surface area contributed by atoms with E-state index in [1.54, 1.807) is 4.90 Å². The van der Waals surface area contributed by atoms with Gasteiger partial charge in [0.25, 0.3) is 5.91 Å². The molecule has 10 heteroatoms. The zero-order valence-corrected chi connectivity index (χ0v) is 33.0. The monoisotopic (exact) mass is 777 g/mol. The summed E-state index contributed by atoms with van der Waals surface area (Å²) in [5, 5.41) is 2.40. The summed E-state index contributed by atoms with van der Waals surface area (Å²) in [7, 11) is 0. The lowest BCUT2D eigenvalue weighted by Gasteiger charge is -2.54. The maximum Gasteiger partial charge on any atom is 0.255 e. The molecule has 1 saturated carbocycles. The highest BCUT2D eigenvalue weighted by molar-refractivity contribution is 6.06. The number of rotatable bonds is 6. The number of para-hydroxylation sites is 1. The van der Waals surface area contributed by atoms with Crippen molar-refractivity contribution in [2.45, 2.75) is 69.0 Å². The molecular weight excluding hydrogens is 727 g/mol. The van der Waals surface area contributed by atoms with Gasteiger partial charge in [-0.25, -0.2) is 0 Å². The zero-order chi connectivity index (χ0) is 39.0. The predicted molar refractivity (Wildman–Crippen MR) is 222 cm³/mol. The van der Waals surface area contributed by atoms with Gasteiger partial charge in [-0.15, -0.1) is 0 Å². The first kappa shape index (κ1) is 35.8. The molecule has 0 aromatic heterocycles. The molecule has 0 bridgehead atoms. The summed E-state index contributed by atoms with van der Waals surface area (Å²) in [6, 6.07) is 32.4. The number of hydrogen-bond acceptors (Lipinski definition) is 8. The highest BCUT2D eigenvalue weighted by Crippen LogP contribution is 2.54. The highest BCUT2D eigenvalue weighted by Gasteiger charge is 2.47. The van der Waals surface area contributed by atoms with Crippen molar-refractivity contribution in [2.75, 3.05) is 62.3 Å². The molecule has 298 valence electrons. The number of piperazine rings is 1. The Balaban J connectivity index is 0.685. The van der Waals surface area contributed by atoms with E-state index in [-0.39, 0.29) is 42.0 Å². The summed E-state index contributed by atoms with van der Waals surface area (Å²) in [4.78, 5) is 47.1. The first-order valence-electron chi connectivity index (χ1n) is 21.4. The lowest BCUT2D eigenvalue weighted by Crippen LogP contribution is -2.59. The molecule has 4 aromatic carbocycles. The normalized spacial score (nSPS) is 26.5. The first-order valence-corrected chi connectivity index (χ1v) is 21.4. The van der Waals surface area contributed by atoms with E-state index in [1.807, 2.05) is 12.1 Å². The lowest BCUT2D eigenvalue weighted by atomic mass is 9.57. The van der Waals surface area contributed by atoms with E-state index >= 15 is 0 Å². The molecule has 11 rings (SSSR count). The van der Waals surface area contributed by atoms with Gasteiger partial charge in [-0.05, 0) is 84.9 Å². The van der Waals surface area contributed by atoms with Crippen LogP contribution in [0.15, 0.2) is 91.0 Å². The van der Waals surface area contributed by atoms with Gasteiger partial charge in [0.1, 0.15) is 24.1 Å². The Morgan fingerprint density at radius 2 is 1.55 bits per heavy atom. The number of benzene rings is 4. The van der Waals surface area contributed by atoms with Crippen LogP contribution in [0.3, 0.4) is 0 Å². The highest BCUT2D eigenvalue weighted by atomic mass is 16.5. The Kier molecular flexibility index (Phi) is 8.75. The van der Waals surface area contributed by atoms with Gasteiger partial charge >= 0.3 is 0 Å². The molecule has 3 saturated heterocycles. The lowest BCUT2D eigenvalue weighted by molar-refractivity contribution is -0.136. The number of fused-ring (bicyclic) bond motifs is 6. The third-order valence-corrected chi connectivity index (χ3v) is 14.6. The van der Waals surface area contributed by atoms with E-state index in [1.165, 1.54) is 48.1 Å². The van der Waals surface area contributed by atoms with E-state index in [9.17, 15) is 14.4 Å². The van der Waals surface area contributed by atoms with Crippen molar-refractivity contribution >= 4 is 29.1 Å². The number of imide groups is 1. The minimum absolute atomic E-state index is 0.157. The second-order valence-electron chi connectivity index (χ2n) is 18.0. The Hall–Kier alpha value is -5.35. The van der Waals surface area contributed by atoms with E-state index in [2.05, 4.69) is 98.9 Å². The van der Waals surface area contributed by atoms with E-state index in [0.29, 0.717) is 37.2 Å². The van der Waals surface area contributed by atoms with Crippen LogP contribution >= 0.6 is 0 Å². The van der Waals surface area contributed by atoms with Crippen molar-refractivity contribution in [2.24, 2.45) is 11.3 Å². The molecule has 4 unspecified atom stereocenters. The fourth-order valence-electron chi connectivity index (χ4n) is 11.7. The van der Waals surface area contributed by atoms with Crippen LogP contribution in [0.5, 0.6) is 11.5 Å². The second-order valence-corrected chi connectivity index (χ2v) is 18.0. The molecule has 58 heavy (non-hydrogen) atoms. The number of amides is 3. The van der Waals surface area contributed by atoms with Crippen molar-refractivity contribution in [1.29, 1.82) is 0 Å². The number of nitrogens with one attached hydrogen (secondary N) is 1. The SMILES string of the molecule is O=C1CCC(N2Cc3c(ccc4c3OCC3CN(CC5CC6(CCN(c7ccc(C8c9ccccc9OCC8c8ccccc8)cc7)CC6)C5)CCN43)C2=O)C(=O)N1.